The van der Waals surface area contributed by atoms with Crippen LogP contribution in [-0.2, 0) is 23.3 Å². The highest BCUT2D eigenvalue weighted by Gasteiger charge is 2.39. The normalized spacial score (nSPS) is 15.4. The van der Waals surface area contributed by atoms with Gasteiger partial charge in [-0.25, -0.2) is 14.8 Å². The van der Waals surface area contributed by atoms with E-state index in [1.807, 2.05) is 18.2 Å². The molecule has 0 unspecified atom stereocenters. The summed E-state index contributed by atoms with van der Waals surface area (Å²) in [6.45, 7) is 1.06. The van der Waals surface area contributed by atoms with E-state index in [2.05, 4.69) is 20.4 Å². The van der Waals surface area contributed by atoms with Gasteiger partial charge in [0.15, 0.2) is 11.4 Å². The first-order valence-corrected chi connectivity index (χ1v) is 8.73. The lowest BCUT2D eigenvalue weighted by Gasteiger charge is -2.23. The molecule has 4 N–H and O–H groups in total. The number of nitrogens with one attached hydrogen (secondary N) is 1. The molecular weight excluding hydrogens is 360 g/mol. The van der Waals surface area contributed by atoms with Gasteiger partial charge >= 0.3 is 5.97 Å². The van der Waals surface area contributed by atoms with Crippen LogP contribution in [0.5, 0.6) is 0 Å². The third-order valence-corrected chi connectivity index (χ3v) is 4.65. The lowest BCUT2D eigenvalue weighted by Crippen LogP contribution is -2.48. The molecule has 3 heterocycles. The van der Waals surface area contributed by atoms with E-state index in [0.29, 0.717) is 30.2 Å². The van der Waals surface area contributed by atoms with Crippen molar-refractivity contribution in [3.63, 3.8) is 0 Å². The Kier molecular flexibility index (Phi) is 4.36. The van der Waals surface area contributed by atoms with Crippen LogP contribution in [0.15, 0.2) is 48.7 Å². The number of carbonyl (C=O) groups is 2. The van der Waals surface area contributed by atoms with Crippen molar-refractivity contribution < 1.29 is 14.7 Å². The first-order chi connectivity index (χ1) is 13.5. The number of amides is 1. The van der Waals surface area contributed by atoms with E-state index in [4.69, 9.17) is 5.73 Å². The van der Waals surface area contributed by atoms with E-state index in [0.717, 1.165) is 5.56 Å². The largest absolute Gasteiger partial charge is 0.480 e. The van der Waals surface area contributed by atoms with Gasteiger partial charge in [0.1, 0.15) is 11.4 Å². The van der Waals surface area contributed by atoms with E-state index >= 15 is 0 Å². The maximum Gasteiger partial charge on any atom is 0.332 e. The van der Waals surface area contributed by atoms with Gasteiger partial charge in [0, 0.05) is 19.2 Å². The Morgan fingerprint density at radius 1 is 1.25 bits per heavy atom. The van der Waals surface area contributed by atoms with Crippen molar-refractivity contribution in [3.05, 3.63) is 65.7 Å². The highest BCUT2D eigenvalue weighted by Crippen LogP contribution is 2.24. The quantitative estimate of drug-likeness (QED) is 0.590. The van der Waals surface area contributed by atoms with Gasteiger partial charge in [0.2, 0.25) is 0 Å². The van der Waals surface area contributed by atoms with Gasteiger partial charge in [-0.1, -0.05) is 30.3 Å². The highest BCUT2D eigenvalue weighted by molar-refractivity contribution is 5.94. The van der Waals surface area contributed by atoms with Crippen LogP contribution in [0.4, 0.5) is 0 Å². The number of carbonyl (C=O) groups excluding carboxylic acids is 1. The summed E-state index contributed by atoms with van der Waals surface area (Å²) in [5.74, 6) is -1.45. The average molecular weight is 378 g/mol. The molecule has 9 nitrogen and oxygen atoms in total. The number of nitrogens with zero attached hydrogens (tertiary/aromatic N) is 4. The number of nitrogens with two attached hydrogens (primary N) is 1. The molecule has 28 heavy (non-hydrogen) atoms. The molecule has 0 bridgehead atoms. The first kappa shape index (κ1) is 17.8. The third kappa shape index (κ3) is 3.12. The summed E-state index contributed by atoms with van der Waals surface area (Å²) in [4.78, 5) is 32.4. The molecule has 0 saturated carbocycles. The molecule has 2 aromatic heterocycles. The van der Waals surface area contributed by atoms with Crippen LogP contribution in [0.3, 0.4) is 0 Å². The number of rotatable bonds is 5. The minimum atomic E-state index is -1.80. The van der Waals surface area contributed by atoms with Crippen molar-refractivity contribution in [2.75, 3.05) is 6.54 Å². The fourth-order valence-corrected chi connectivity index (χ4v) is 3.15. The Morgan fingerprint density at radius 2 is 2.04 bits per heavy atom. The Morgan fingerprint density at radius 3 is 2.75 bits per heavy atom. The van der Waals surface area contributed by atoms with E-state index in [9.17, 15) is 14.7 Å². The third-order valence-electron chi connectivity index (χ3n) is 4.65. The lowest BCUT2D eigenvalue weighted by molar-refractivity contribution is -0.144. The molecule has 1 aliphatic rings. The summed E-state index contributed by atoms with van der Waals surface area (Å²) >= 11 is 0. The Balaban J connectivity index is 1.72. The fourth-order valence-electron chi connectivity index (χ4n) is 3.15. The van der Waals surface area contributed by atoms with E-state index in [1.165, 1.54) is 6.20 Å². The minimum Gasteiger partial charge on any atom is -0.480 e. The van der Waals surface area contributed by atoms with Gasteiger partial charge in [0.25, 0.3) is 5.91 Å². The van der Waals surface area contributed by atoms with Gasteiger partial charge < -0.3 is 16.2 Å². The van der Waals surface area contributed by atoms with Crippen LogP contribution < -0.4 is 11.1 Å². The number of fused-ring (bicyclic) bond motifs is 1. The number of hydrogen-bond acceptors (Lipinski definition) is 6. The van der Waals surface area contributed by atoms with Crippen LogP contribution >= 0.6 is 0 Å². The smallest absolute Gasteiger partial charge is 0.332 e. The van der Waals surface area contributed by atoms with Crippen molar-refractivity contribution >= 4 is 11.9 Å². The summed E-state index contributed by atoms with van der Waals surface area (Å²) in [6.07, 6.45) is 1.49. The van der Waals surface area contributed by atoms with Crippen molar-refractivity contribution in [2.45, 2.75) is 18.5 Å². The number of benzene rings is 1. The molecule has 1 amide bonds. The molecule has 0 radical (unpaired) electrons. The summed E-state index contributed by atoms with van der Waals surface area (Å²) < 4.78 is 1.60. The topological polar surface area (TPSA) is 136 Å². The molecule has 4 rings (SSSR count). The Bertz CT molecular complexity index is 1050. The van der Waals surface area contributed by atoms with E-state index in [-0.39, 0.29) is 18.2 Å². The standard InChI is InChI=1S/C19H18N6O3/c20-19(18(27)28,11-12-4-2-1-3-5-12)17-22-7-6-13(23-17)14-10-15-16(26)21-8-9-25(15)24-14/h1-7,10H,8-9,11,20H2,(H,21,26)(H,27,28)/t19-/m0/s1. The number of aliphatic carboxylic acids is 1. The zero-order chi connectivity index (χ0) is 19.7. The lowest BCUT2D eigenvalue weighted by atomic mass is 9.91. The van der Waals surface area contributed by atoms with Gasteiger partial charge in [-0.3, -0.25) is 9.48 Å². The minimum absolute atomic E-state index is 0.0169. The summed E-state index contributed by atoms with van der Waals surface area (Å²) in [5.41, 5.74) is 6.51. The van der Waals surface area contributed by atoms with Gasteiger partial charge in [-0.2, -0.15) is 5.10 Å². The zero-order valence-electron chi connectivity index (χ0n) is 14.9. The molecule has 0 fully saturated rings. The van der Waals surface area contributed by atoms with E-state index in [1.54, 1.807) is 28.9 Å². The van der Waals surface area contributed by atoms with Crippen molar-refractivity contribution in [2.24, 2.45) is 5.73 Å². The van der Waals surface area contributed by atoms with Crippen molar-refractivity contribution in [3.8, 4) is 11.4 Å². The Hall–Kier alpha value is -3.59. The number of carboxylic acid groups (broad SMARTS) is 1. The predicted molar refractivity (Wildman–Crippen MR) is 99.2 cm³/mol. The maximum absolute atomic E-state index is 12.0. The highest BCUT2D eigenvalue weighted by atomic mass is 16.4. The average Bonchev–Trinajstić information content (AvgIpc) is 3.14. The van der Waals surface area contributed by atoms with Gasteiger partial charge in [0.05, 0.1) is 12.2 Å². The van der Waals surface area contributed by atoms with E-state index < -0.39 is 11.5 Å². The van der Waals surface area contributed by atoms with Crippen LogP contribution in [-0.4, -0.2) is 43.3 Å². The fraction of sp³-hybridized carbons (Fsp3) is 0.211. The number of aromatic nitrogens is 4. The van der Waals surface area contributed by atoms with Crippen LogP contribution in [0.25, 0.3) is 11.4 Å². The second-order valence-electron chi connectivity index (χ2n) is 6.60. The summed E-state index contributed by atoms with van der Waals surface area (Å²) in [7, 11) is 0. The second kappa shape index (κ2) is 6.86. The molecule has 0 spiro atoms. The zero-order valence-corrected chi connectivity index (χ0v) is 14.9. The molecule has 0 saturated heterocycles. The number of hydrogen-bond donors (Lipinski definition) is 3. The van der Waals surface area contributed by atoms with Crippen LogP contribution in [0.1, 0.15) is 21.9 Å². The number of carboxylic acids is 1. The van der Waals surface area contributed by atoms with Crippen LogP contribution in [0.2, 0.25) is 0 Å². The molecule has 1 aromatic carbocycles. The first-order valence-electron chi connectivity index (χ1n) is 8.73. The monoisotopic (exact) mass is 378 g/mol. The maximum atomic E-state index is 12.0. The predicted octanol–water partition coefficient (Wildman–Crippen LogP) is 0.565. The molecule has 3 aromatic rings. The molecule has 142 valence electrons. The van der Waals surface area contributed by atoms with Crippen LogP contribution in [0, 0.1) is 0 Å². The molecule has 1 aliphatic heterocycles. The molecule has 1 atom stereocenters. The summed E-state index contributed by atoms with van der Waals surface area (Å²) in [5, 5.41) is 16.9. The SMILES string of the molecule is N[C@](Cc1ccccc1)(C(=O)O)c1nccc(-c2cc3n(n2)CCNC3=O)n1. The van der Waals surface area contributed by atoms with Gasteiger partial charge in [-0.15, -0.1) is 0 Å². The summed E-state index contributed by atoms with van der Waals surface area (Å²) in [6, 6.07) is 12.3. The second-order valence-corrected chi connectivity index (χ2v) is 6.60. The van der Waals surface area contributed by atoms with Crippen molar-refractivity contribution in [1.29, 1.82) is 0 Å². The molecule has 9 heteroatoms. The molecule has 0 aliphatic carbocycles. The Labute approximate surface area is 160 Å². The van der Waals surface area contributed by atoms with Crippen molar-refractivity contribution in [1.82, 2.24) is 25.1 Å². The van der Waals surface area contributed by atoms with Gasteiger partial charge in [-0.05, 0) is 17.7 Å². The molecular formula is C19H18N6O3.